The van der Waals surface area contributed by atoms with E-state index in [2.05, 4.69) is 27.4 Å². The molecule has 0 aromatic heterocycles. The molecule has 0 aromatic carbocycles. The van der Waals surface area contributed by atoms with E-state index < -0.39 is 5.41 Å². The molecule has 5 nitrogen and oxygen atoms in total. The molecule has 3 aliphatic carbocycles. The summed E-state index contributed by atoms with van der Waals surface area (Å²) < 4.78 is 12.0. The van der Waals surface area contributed by atoms with Crippen LogP contribution in [-0.2, 0) is 14.3 Å². The average molecular weight is 647 g/mol. The fourth-order valence-corrected chi connectivity index (χ4v) is 9.72. The van der Waals surface area contributed by atoms with Crippen molar-refractivity contribution in [2.24, 2.45) is 46.8 Å². The second-order valence-electron chi connectivity index (χ2n) is 16.0. The fourth-order valence-electron chi connectivity index (χ4n) is 9.72. The van der Waals surface area contributed by atoms with E-state index in [0.29, 0.717) is 25.6 Å². The Morgan fingerprint density at radius 3 is 2.07 bits per heavy atom. The molecule has 6 unspecified atom stereocenters. The summed E-state index contributed by atoms with van der Waals surface area (Å²) in [4.78, 5) is 11.8. The lowest BCUT2D eigenvalue weighted by Gasteiger charge is -2.45. The SMILES string of the molecule is C=CC(=O)OCCC1CC(C2CCC(CCC3CCC(CCCCC)CC3)CC2CC)CCC1OCCC(CO)(CO)CCCC. The number of ether oxygens (including phenoxy) is 2. The van der Waals surface area contributed by atoms with Crippen LogP contribution >= 0.6 is 0 Å². The number of rotatable bonds is 22. The van der Waals surface area contributed by atoms with Gasteiger partial charge in [0.25, 0.3) is 0 Å². The first kappa shape index (κ1) is 39.5. The zero-order chi connectivity index (χ0) is 33.2. The first-order valence-corrected chi connectivity index (χ1v) is 20.0. The van der Waals surface area contributed by atoms with Crippen LogP contribution in [0.1, 0.15) is 162 Å². The quantitative estimate of drug-likeness (QED) is 0.0695. The van der Waals surface area contributed by atoms with Gasteiger partial charge in [0.2, 0.25) is 0 Å². The highest BCUT2D eigenvalue weighted by atomic mass is 16.5. The monoisotopic (exact) mass is 647 g/mol. The molecule has 0 aromatic rings. The third-order valence-corrected chi connectivity index (χ3v) is 13.0. The van der Waals surface area contributed by atoms with Crippen LogP contribution in [0.4, 0.5) is 0 Å². The molecule has 0 spiro atoms. The first-order chi connectivity index (χ1) is 22.4. The van der Waals surface area contributed by atoms with Gasteiger partial charge in [0, 0.05) is 18.1 Å². The van der Waals surface area contributed by atoms with Crippen molar-refractivity contribution in [3.8, 4) is 0 Å². The predicted molar refractivity (Wildman–Crippen MR) is 191 cm³/mol. The summed E-state index contributed by atoms with van der Waals surface area (Å²) in [6.07, 6.45) is 29.3. The lowest BCUT2D eigenvalue weighted by molar-refractivity contribution is -0.139. The van der Waals surface area contributed by atoms with Crippen LogP contribution in [0.3, 0.4) is 0 Å². The van der Waals surface area contributed by atoms with Crippen LogP contribution in [0.2, 0.25) is 0 Å². The minimum Gasteiger partial charge on any atom is -0.463 e. The third-order valence-electron chi connectivity index (χ3n) is 13.0. The van der Waals surface area contributed by atoms with Crippen molar-refractivity contribution in [3.05, 3.63) is 12.7 Å². The summed E-state index contributed by atoms with van der Waals surface area (Å²) in [5.41, 5.74) is -0.456. The number of hydrogen-bond donors (Lipinski definition) is 2. The molecule has 0 amide bonds. The maximum atomic E-state index is 11.8. The topological polar surface area (TPSA) is 76.0 Å². The maximum Gasteiger partial charge on any atom is 0.330 e. The number of aliphatic hydroxyl groups excluding tert-OH is 2. The molecule has 0 bridgehead atoms. The highest BCUT2D eigenvalue weighted by Gasteiger charge is 2.40. The first-order valence-electron chi connectivity index (χ1n) is 20.0. The molecule has 46 heavy (non-hydrogen) atoms. The number of carbonyl (C=O) groups is 1. The van der Waals surface area contributed by atoms with Gasteiger partial charge in [0.1, 0.15) is 0 Å². The number of esters is 1. The molecule has 5 heteroatoms. The van der Waals surface area contributed by atoms with Crippen LogP contribution in [0, 0.1) is 46.8 Å². The van der Waals surface area contributed by atoms with Crippen LogP contribution < -0.4 is 0 Å². The Balaban J connectivity index is 1.50. The second kappa shape index (κ2) is 21.9. The van der Waals surface area contributed by atoms with E-state index in [1.807, 2.05) is 0 Å². The largest absolute Gasteiger partial charge is 0.463 e. The van der Waals surface area contributed by atoms with Gasteiger partial charge in [-0.05, 0) is 92.8 Å². The van der Waals surface area contributed by atoms with Gasteiger partial charge in [0.15, 0.2) is 0 Å². The Kier molecular flexibility index (Phi) is 18.8. The molecule has 0 radical (unpaired) electrons. The summed E-state index contributed by atoms with van der Waals surface area (Å²) in [6, 6.07) is 0. The minimum absolute atomic E-state index is 0.00185. The van der Waals surface area contributed by atoms with Crippen molar-refractivity contribution >= 4 is 5.97 Å². The number of aliphatic hydroxyl groups is 2. The van der Waals surface area contributed by atoms with Gasteiger partial charge in [-0.3, -0.25) is 0 Å². The van der Waals surface area contributed by atoms with Gasteiger partial charge >= 0.3 is 5.97 Å². The molecule has 0 heterocycles. The zero-order valence-corrected chi connectivity index (χ0v) is 30.4. The molecule has 3 aliphatic rings. The maximum absolute atomic E-state index is 11.8. The number of carbonyl (C=O) groups excluding carboxylic acids is 1. The van der Waals surface area contributed by atoms with Crippen molar-refractivity contribution in [2.75, 3.05) is 26.4 Å². The van der Waals surface area contributed by atoms with Gasteiger partial charge < -0.3 is 19.7 Å². The Hall–Kier alpha value is -0.910. The summed E-state index contributed by atoms with van der Waals surface area (Å²) in [6.45, 7) is 11.4. The van der Waals surface area contributed by atoms with Crippen LogP contribution in [0.25, 0.3) is 0 Å². The Morgan fingerprint density at radius 2 is 1.41 bits per heavy atom. The molecule has 268 valence electrons. The third kappa shape index (κ3) is 12.8. The molecule has 6 atom stereocenters. The Labute approximate surface area is 284 Å². The lowest BCUT2D eigenvalue weighted by atomic mass is 9.62. The summed E-state index contributed by atoms with van der Waals surface area (Å²) >= 11 is 0. The Bertz CT molecular complexity index is 816. The van der Waals surface area contributed by atoms with E-state index >= 15 is 0 Å². The van der Waals surface area contributed by atoms with E-state index in [-0.39, 0.29) is 25.3 Å². The van der Waals surface area contributed by atoms with Crippen LogP contribution in [0.5, 0.6) is 0 Å². The van der Waals surface area contributed by atoms with E-state index in [1.54, 1.807) is 0 Å². The number of unbranched alkanes of at least 4 members (excludes halogenated alkanes) is 3. The molecule has 3 saturated carbocycles. The molecular formula is C41H74O5. The predicted octanol–water partition coefficient (Wildman–Crippen LogP) is 10.1. The fraction of sp³-hybridized carbons (Fsp3) is 0.927. The molecule has 3 fully saturated rings. The normalized spacial score (nSPS) is 30.6. The highest BCUT2D eigenvalue weighted by Crippen LogP contribution is 2.48. The molecule has 3 rings (SSSR count). The highest BCUT2D eigenvalue weighted by molar-refractivity contribution is 5.81. The van der Waals surface area contributed by atoms with Gasteiger partial charge in [-0.2, -0.15) is 0 Å². The summed E-state index contributed by atoms with van der Waals surface area (Å²) in [5.74, 6) is 5.32. The van der Waals surface area contributed by atoms with E-state index in [9.17, 15) is 15.0 Å². The zero-order valence-electron chi connectivity index (χ0n) is 30.4. The van der Waals surface area contributed by atoms with Crippen LogP contribution in [-0.4, -0.2) is 48.7 Å². The van der Waals surface area contributed by atoms with Crippen molar-refractivity contribution < 1.29 is 24.5 Å². The average Bonchev–Trinajstić information content (AvgIpc) is 3.09. The minimum atomic E-state index is -0.456. The van der Waals surface area contributed by atoms with E-state index in [1.165, 1.54) is 102 Å². The molecule has 0 aliphatic heterocycles. The second-order valence-corrected chi connectivity index (χ2v) is 16.0. The summed E-state index contributed by atoms with van der Waals surface area (Å²) in [5, 5.41) is 20.2. The van der Waals surface area contributed by atoms with Crippen molar-refractivity contribution in [2.45, 2.75) is 168 Å². The molecular weight excluding hydrogens is 572 g/mol. The van der Waals surface area contributed by atoms with Crippen molar-refractivity contribution in [1.29, 1.82) is 0 Å². The van der Waals surface area contributed by atoms with Gasteiger partial charge in [-0.1, -0.05) is 117 Å². The van der Waals surface area contributed by atoms with E-state index in [4.69, 9.17) is 9.47 Å². The molecule has 2 N–H and O–H groups in total. The van der Waals surface area contributed by atoms with Crippen molar-refractivity contribution in [1.82, 2.24) is 0 Å². The lowest BCUT2D eigenvalue weighted by Crippen LogP contribution is -2.39. The van der Waals surface area contributed by atoms with Gasteiger partial charge in [0.05, 0.1) is 25.9 Å². The molecule has 0 saturated heterocycles. The summed E-state index contributed by atoms with van der Waals surface area (Å²) in [7, 11) is 0. The van der Waals surface area contributed by atoms with E-state index in [0.717, 1.165) is 74.0 Å². The van der Waals surface area contributed by atoms with Crippen LogP contribution in [0.15, 0.2) is 12.7 Å². The van der Waals surface area contributed by atoms with Crippen molar-refractivity contribution in [3.63, 3.8) is 0 Å². The standard InChI is InChI=1S/C41H74O5/c1-5-9-11-12-32-13-15-33(16-14-32)17-18-34-19-21-38(35(7-3)28-34)36-20-22-39(37(29-36)23-26-46-40(44)8-4)45-27-25-41(30-42,31-43)24-10-6-2/h8,32-39,42-43H,4-7,9-31H2,1-3H3. The smallest absolute Gasteiger partial charge is 0.330 e. The van der Waals surface area contributed by atoms with Gasteiger partial charge in [-0.15, -0.1) is 0 Å². The van der Waals surface area contributed by atoms with Gasteiger partial charge in [-0.25, -0.2) is 4.79 Å². The number of hydrogen-bond acceptors (Lipinski definition) is 5. The Morgan fingerprint density at radius 1 is 0.739 bits per heavy atom.